The minimum atomic E-state index is -0.0894. The van der Waals surface area contributed by atoms with Crippen LogP contribution in [0.5, 0.6) is 0 Å². The van der Waals surface area contributed by atoms with E-state index < -0.39 is 0 Å². The van der Waals surface area contributed by atoms with Crippen molar-refractivity contribution in [3.05, 3.63) is 11.6 Å². The van der Waals surface area contributed by atoms with Crippen LogP contribution in [0.15, 0.2) is 0 Å². The zero-order chi connectivity index (χ0) is 31.9. The van der Waals surface area contributed by atoms with Crippen LogP contribution in [0.3, 0.4) is 0 Å². The first-order chi connectivity index (χ1) is 20.6. The van der Waals surface area contributed by atoms with E-state index in [0.29, 0.717) is 24.2 Å². The van der Waals surface area contributed by atoms with Crippen molar-refractivity contribution in [3.63, 3.8) is 0 Å². The molecule has 0 spiro atoms. The van der Waals surface area contributed by atoms with Crippen LogP contribution in [0.25, 0.3) is 0 Å². The molecule has 2 saturated heterocycles. The fourth-order valence-corrected chi connectivity index (χ4v) is 9.50. The lowest BCUT2D eigenvalue weighted by Gasteiger charge is -2.56. The molecule has 0 atom stereocenters. The molecular formula is C36H64N6O2. The molecular weight excluding hydrogens is 548 g/mol. The molecule has 1 aromatic heterocycles. The molecule has 2 aliphatic heterocycles. The molecule has 0 unspecified atom stereocenters. The Kier molecular flexibility index (Phi) is 10.1. The third kappa shape index (κ3) is 7.78. The largest absolute Gasteiger partial charge is 0.341 e. The van der Waals surface area contributed by atoms with Gasteiger partial charge in [-0.05, 0) is 120 Å². The van der Waals surface area contributed by atoms with Crippen LogP contribution in [0, 0.1) is 12.8 Å². The van der Waals surface area contributed by atoms with Crippen molar-refractivity contribution in [2.24, 2.45) is 5.92 Å². The van der Waals surface area contributed by atoms with Gasteiger partial charge in [0.25, 0.3) is 0 Å². The minimum Gasteiger partial charge on any atom is -0.341 e. The van der Waals surface area contributed by atoms with Gasteiger partial charge in [-0.25, -0.2) is 4.98 Å². The zero-order valence-corrected chi connectivity index (χ0v) is 29.9. The van der Waals surface area contributed by atoms with Crippen LogP contribution < -0.4 is 4.90 Å². The number of aryl methyl sites for hydroxylation is 1. The first-order valence-electron chi connectivity index (χ1n) is 17.9. The topological polar surface area (TPSA) is 66.9 Å². The lowest BCUT2D eigenvalue weighted by atomic mass is 9.74. The second kappa shape index (κ2) is 13.0. The average molecular weight is 613 g/mol. The number of hydrogen-bond acceptors (Lipinski definition) is 8. The van der Waals surface area contributed by atoms with Gasteiger partial charge in [-0.1, -0.05) is 38.5 Å². The van der Waals surface area contributed by atoms with Crippen LogP contribution >= 0.6 is 0 Å². The maximum absolute atomic E-state index is 6.76. The summed E-state index contributed by atoms with van der Waals surface area (Å²) in [5.41, 5.74) is -0.269. The Hall–Kier alpha value is -1.35. The third-order valence-electron chi connectivity index (χ3n) is 11.0. The second-order valence-corrected chi connectivity index (χ2v) is 17.3. The first-order valence-corrected chi connectivity index (χ1v) is 17.9. The van der Waals surface area contributed by atoms with Crippen molar-refractivity contribution in [1.29, 1.82) is 0 Å². The van der Waals surface area contributed by atoms with Gasteiger partial charge >= 0.3 is 0 Å². The molecule has 0 N–H and O–H groups in total. The van der Waals surface area contributed by atoms with Crippen molar-refractivity contribution in [1.82, 2.24) is 25.1 Å². The monoisotopic (exact) mass is 613 g/mol. The number of hydrogen-bond donors (Lipinski definition) is 0. The number of rotatable bonds is 8. The highest BCUT2D eigenvalue weighted by atomic mass is 16.7. The number of hydroxylamine groups is 4. The summed E-state index contributed by atoms with van der Waals surface area (Å²) in [6.45, 7) is 20.8. The Morgan fingerprint density at radius 2 is 1.07 bits per heavy atom. The van der Waals surface area contributed by atoms with Crippen LogP contribution in [0.2, 0.25) is 0 Å². The maximum atomic E-state index is 6.76. The highest BCUT2D eigenvalue weighted by molar-refractivity contribution is 5.32. The quantitative estimate of drug-likeness (QED) is 0.293. The van der Waals surface area contributed by atoms with Crippen molar-refractivity contribution in [3.8, 4) is 0 Å². The Balaban J connectivity index is 1.27. The molecule has 0 bridgehead atoms. The van der Waals surface area contributed by atoms with E-state index in [1.807, 2.05) is 6.92 Å². The summed E-state index contributed by atoms with van der Waals surface area (Å²) in [5.74, 6) is 3.03. The van der Waals surface area contributed by atoms with Gasteiger partial charge in [-0.15, -0.1) is 0 Å². The predicted molar refractivity (Wildman–Crippen MR) is 178 cm³/mol. The highest BCUT2D eigenvalue weighted by Gasteiger charge is 2.50. The van der Waals surface area contributed by atoms with Gasteiger partial charge in [-0.3, -0.25) is 9.68 Å². The van der Waals surface area contributed by atoms with E-state index in [1.165, 1.54) is 64.2 Å². The predicted octanol–water partition coefficient (Wildman–Crippen LogP) is 7.98. The Morgan fingerprint density at radius 1 is 0.636 bits per heavy atom. The molecule has 8 nitrogen and oxygen atoms in total. The lowest BCUT2D eigenvalue weighted by molar-refractivity contribution is -0.314. The summed E-state index contributed by atoms with van der Waals surface area (Å²) in [4.78, 5) is 30.7. The molecule has 4 fully saturated rings. The molecule has 2 aliphatic carbocycles. The standard InChI is InChI=1S/C36H64N6O2/c1-26-37-31(21-27-22-33(2,3)41(34(4,5)23-27)43-29-17-13-11-14-18-29)39-32(38-26)40(10)28-24-35(6,7)42(36(8,9)25-28)44-30-19-15-12-16-20-30/h27-30H,11-25H2,1-10H3. The summed E-state index contributed by atoms with van der Waals surface area (Å²) in [6.07, 6.45) is 18.3. The summed E-state index contributed by atoms with van der Waals surface area (Å²) in [6, 6.07) is 0.318. The molecule has 0 aromatic carbocycles. The fourth-order valence-electron chi connectivity index (χ4n) is 9.50. The molecule has 250 valence electrons. The molecule has 8 heteroatoms. The Morgan fingerprint density at radius 3 is 1.52 bits per heavy atom. The van der Waals surface area contributed by atoms with Crippen LogP contribution in [-0.2, 0) is 16.1 Å². The molecule has 5 rings (SSSR count). The summed E-state index contributed by atoms with van der Waals surface area (Å²) >= 11 is 0. The van der Waals surface area contributed by atoms with E-state index in [2.05, 4.69) is 77.5 Å². The van der Waals surface area contributed by atoms with Crippen molar-refractivity contribution in [2.75, 3.05) is 11.9 Å². The summed E-state index contributed by atoms with van der Waals surface area (Å²) < 4.78 is 0. The number of anilines is 1. The van der Waals surface area contributed by atoms with Gasteiger partial charge in [0.05, 0.1) is 12.2 Å². The normalized spacial score (nSPS) is 27.4. The van der Waals surface area contributed by atoms with Gasteiger partial charge < -0.3 is 4.90 Å². The highest BCUT2D eigenvalue weighted by Crippen LogP contribution is 2.45. The zero-order valence-electron chi connectivity index (χ0n) is 29.9. The van der Waals surface area contributed by atoms with Crippen molar-refractivity contribution < 1.29 is 9.68 Å². The van der Waals surface area contributed by atoms with Crippen molar-refractivity contribution in [2.45, 2.75) is 199 Å². The summed E-state index contributed by atoms with van der Waals surface area (Å²) in [7, 11) is 2.18. The smallest absolute Gasteiger partial charge is 0.228 e. The van der Waals surface area contributed by atoms with E-state index in [-0.39, 0.29) is 22.2 Å². The van der Waals surface area contributed by atoms with E-state index in [0.717, 1.165) is 49.7 Å². The Bertz CT molecular complexity index is 1070. The van der Waals surface area contributed by atoms with Gasteiger partial charge in [-0.2, -0.15) is 20.1 Å². The van der Waals surface area contributed by atoms with Crippen LogP contribution in [-0.4, -0.2) is 72.5 Å². The molecule has 3 heterocycles. The fraction of sp³-hybridized carbons (Fsp3) is 0.917. The van der Waals surface area contributed by atoms with E-state index in [4.69, 9.17) is 24.6 Å². The number of aromatic nitrogens is 3. The van der Waals surface area contributed by atoms with Gasteiger partial charge in [0.15, 0.2) is 0 Å². The van der Waals surface area contributed by atoms with E-state index in [9.17, 15) is 0 Å². The molecule has 4 aliphatic rings. The SMILES string of the molecule is Cc1nc(CC2CC(C)(C)N(OC3CCCCC3)C(C)(C)C2)nc(N(C)C2CC(C)(C)N(OC3CCCCC3)C(C)(C)C2)n1. The average Bonchev–Trinajstić information content (AvgIpc) is 2.92. The molecule has 44 heavy (non-hydrogen) atoms. The third-order valence-corrected chi connectivity index (χ3v) is 11.0. The van der Waals surface area contributed by atoms with Crippen molar-refractivity contribution >= 4 is 5.95 Å². The van der Waals surface area contributed by atoms with Gasteiger partial charge in [0, 0.05) is 41.7 Å². The van der Waals surface area contributed by atoms with Crippen LogP contribution in [0.4, 0.5) is 5.95 Å². The molecule has 1 aromatic rings. The van der Waals surface area contributed by atoms with E-state index in [1.54, 1.807) is 0 Å². The Labute approximate surface area is 269 Å². The minimum absolute atomic E-state index is 0.0452. The molecule has 0 amide bonds. The lowest BCUT2D eigenvalue weighted by Crippen LogP contribution is -2.64. The van der Waals surface area contributed by atoms with Gasteiger partial charge in [0.1, 0.15) is 11.6 Å². The number of piperidine rings is 2. The number of nitrogens with zero attached hydrogens (tertiary/aromatic N) is 6. The molecule has 0 radical (unpaired) electrons. The second-order valence-electron chi connectivity index (χ2n) is 17.3. The molecule has 2 saturated carbocycles. The maximum Gasteiger partial charge on any atom is 0.228 e. The first kappa shape index (κ1) is 34.0. The van der Waals surface area contributed by atoms with Gasteiger partial charge in [0.2, 0.25) is 5.95 Å². The van der Waals surface area contributed by atoms with E-state index >= 15 is 0 Å². The summed E-state index contributed by atoms with van der Waals surface area (Å²) in [5, 5.41) is 4.70. The van der Waals surface area contributed by atoms with Crippen LogP contribution in [0.1, 0.15) is 157 Å².